The largest absolute Gasteiger partial charge is 0.573 e. The summed E-state index contributed by atoms with van der Waals surface area (Å²) in [6, 6.07) is 10.6. The monoisotopic (exact) mass is 550 g/mol. The second kappa shape index (κ2) is 11.3. The van der Waals surface area contributed by atoms with Gasteiger partial charge in [-0.1, -0.05) is 18.2 Å². The van der Waals surface area contributed by atoms with E-state index in [1.54, 1.807) is 24.3 Å². The first kappa shape index (κ1) is 27.3. The molecule has 202 valence electrons. The molecule has 1 saturated heterocycles. The van der Waals surface area contributed by atoms with Crippen LogP contribution < -0.4 is 25.8 Å². The Bertz CT molecular complexity index is 1400. The Morgan fingerprint density at radius 2 is 1.95 bits per heavy atom. The minimum atomic E-state index is -4.88. The van der Waals surface area contributed by atoms with Crippen molar-refractivity contribution < 1.29 is 31.1 Å². The van der Waals surface area contributed by atoms with E-state index in [9.17, 15) is 26.4 Å². The van der Waals surface area contributed by atoms with E-state index in [2.05, 4.69) is 30.1 Å². The molecule has 1 aromatic heterocycles. The number of amides is 1. The number of alkyl halides is 3. The molecule has 1 fully saturated rings. The van der Waals surface area contributed by atoms with Crippen LogP contribution in [0, 0.1) is 0 Å². The summed E-state index contributed by atoms with van der Waals surface area (Å²) in [4.78, 5) is 21.0. The topological polar surface area (TPSA) is 148 Å². The number of hydrogen-bond acceptors (Lipinski definition) is 8. The number of nitrogen functional groups attached to an aromatic ring is 1. The number of benzene rings is 2. The summed E-state index contributed by atoms with van der Waals surface area (Å²) in [7, 11) is -4.02. The molecule has 0 radical (unpaired) electrons. The Hall–Kier alpha value is -3.75. The van der Waals surface area contributed by atoms with E-state index in [-0.39, 0.29) is 29.0 Å². The zero-order chi connectivity index (χ0) is 27.3. The van der Waals surface area contributed by atoms with Crippen molar-refractivity contribution >= 4 is 21.7 Å². The van der Waals surface area contributed by atoms with Gasteiger partial charge in [0.25, 0.3) is 5.91 Å². The predicted molar refractivity (Wildman–Crippen MR) is 132 cm³/mol. The lowest BCUT2D eigenvalue weighted by Crippen LogP contribution is -2.46. The third-order valence-corrected chi connectivity index (χ3v) is 7.12. The lowest BCUT2D eigenvalue weighted by molar-refractivity contribution is -0.274. The minimum Gasteiger partial charge on any atom is -0.406 e. The predicted octanol–water partition coefficient (Wildman–Crippen LogP) is 2.58. The van der Waals surface area contributed by atoms with Gasteiger partial charge in [-0.25, -0.2) is 23.1 Å². The van der Waals surface area contributed by atoms with Gasteiger partial charge in [-0.2, -0.15) is 0 Å². The number of ether oxygens (including phenoxy) is 1. The highest BCUT2D eigenvalue weighted by atomic mass is 32.2. The zero-order valence-corrected chi connectivity index (χ0v) is 20.8. The molecule has 1 amide bonds. The van der Waals surface area contributed by atoms with Crippen LogP contribution in [-0.2, 0) is 16.6 Å². The molecule has 0 spiro atoms. The van der Waals surface area contributed by atoms with Gasteiger partial charge < -0.3 is 21.1 Å². The molecule has 0 saturated carbocycles. The van der Waals surface area contributed by atoms with Crippen molar-refractivity contribution in [3.05, 3.63) is 66.0 Å². The van der Waals surface area contributed by atoms with Crippen molar-refractivity contribution in [1.82, 2.24) is 25.3 Å². The Labute approximate surface area is 216 Å². The van der Waals surface area contributed by atoms with Gasteiger partial charge in [-0.05, 0) is 55.3 Å². The van der Waals surface area contributed by atoms with Gasteiger partial charge in [-0.15, -0.1) is 13.2 Å². The fourth-order valence-electron chi connectivity index (χ4n) is 3.86. The first-order valence-corrected chi connectivity index (χ1v) is 13.1. The molecule has 2 aromatic carbocycles. The summed E-state index contributed by atoms with van der Waals surface area (Å²) in [6.45, 7) is 1.45. The zero-order valence-electron chi connectivity index (χ0n) is 20.0. The molecule has 1 aliphatic rings. The first-order valence-electron chi connectivity index (χ1n) is 11.6. The molecule has 0 unspecified atom stereocenters. The van der Waals surface area contributed by atoms with Crippen LogP contribution in [0.4, 0.5) is 19.0 Å². The number of hydrogen-bond donors (Lipinski definition) is 4. The standard InChI is InChI=1S/C24H25F3N6O4S/c25-24(26,27)37-18-6-8-19(9-7-18)38(35,36)31-12-15-3-1-4-16(11-15)20-14-30-22(28)21(33-20)23(34)32-17-5-2-10-29-13-17/h1,3-4,6-9,11,14,17,29,31H,2,5,10,12-13H2,(H2,28,30)(H,32,34)/t17-/m0/s1. The Morgan fingerprint density at radius 1 is 1.18 bits per heavy atom. The number of nitrogens with one attached hydrogen (secondary N) is 3. The Morgan fingerprint density at radius 3 is 2.63 bits per heavy atom. The molecule has 5 N–H and O–H groups in total. The van der Waals surface area contributed by atoms with Crippen LogP contribution in [0.3, 0.4) is 0 Å². The molecule has 1 aliphatic heterocycles. The smallest absolute Gasteiger partial charge is 0.406 e. The van der Waals surface area contributed by atoms with Gasteiger partial charge in [0.2, 0.25) is 10.0 Å². The quantitative estimate of drug-likeness (QED) is 0.335. The average Bonchev–Trinajstić information content (AvgIpc) is 2.88. The molecule has 2 heterocycles. The van der Waals surface area contributed by atoms with Gasteiger partial charge in [0, 0.05) is 24.7 Å². The van der Waals surface area contributed by atoms with E-state index in [4.69, 9.17) is 5.73 Å². The van der Waals surface area contributed by atoms with E-state index in [0.717, 1.165) is 43.7 Å². The highest BCUT2D eigenvalue weighted by Gasteiger charge is 2.31. The maximum atomic E-state index is 12.8. The second-order valence-corrected chi connectivity index (χ2v) is 10.3. The second-order valence-electron chi connectivity index (χ2n) is 8.55. The molecule has 1 atom stereocenters. The summed E-state index contributed by atoms with van der Waals surface area (Å²) in [6.07, 6.45) is -1.67. The fraction of sp³-hybridized carbons (Fsp3) is 0.292. The molecular weight excluding hydrogens is 525 g/mol. The number of carbonyl (C=O) groups excluding carboxylic acids is 1. The third-order valence-electron chi connectivity index (χ3n) is 5.70. The van der Waals surface area contributed by atoms with Gasteiger partial charge in [-0.3, -0.25) is 4.79 Å². The molecule has 38 heavy (non-hydrogen) atoms. The van der Waals surface area contributed by atoms with E-state index in [1.807, 2.05) is 0 Å². The van der Waals surface area contributed by atoms with Crippen molar-refractivity contribution in [3.63, 3.8) is 0 Å². The maximum absolute atomic E-state index is 12.8. The van der Waals surface area contributed by atoms with Crippen molar-refractivity contribution in [3.8, 4) is 17.0 Å². The van der Waals surface area contributed by atoms with Crippen LogP contribution in [0.5, 0.6) is 5.75 Å². The van der Waals surface area contributed by atoms with Gasteiger partial charge >= 0.3 is 6.36 Å². The number of sulfonamides is 1. The van der Waals surface area contributed by atoms with E-state index >= 15 is 0 Å². The summed E-state index contributed by atoms with van der Waals surface area (Å²) < 4.78 is 68.4. The Balaban J connectivity index is 1.45. The number of nitrogens with two attached hydrogens (primary N) is 1. The number of piperidine rings is 1. The first-order chi connectivity index (χ1) is 18.0. The van der Waals surface area contributed by atoms with Crippen LogP contribution in [0.15, 0.2) is 59.6 Å². The van der Waals surface area contributed by atoms with Gasteiger partial charge in [0.1, 0.15) is 5.75 Å². The highest BCUT2D eigenvalue weighted by molar-refractivity contribution is 7.89. The molecule has 10 nitrogen and oxygen atoms in total. The van der Waals surface area contributed by atoms with Gasteiger partial charge in [0.15, 0.2) is 11.5 Å². The lowest BCUT2D eigenvalue weighted by atomic mass is 10.1. The summed E-state index contributed by atoms with van der Waals surface area (Å²) >= 11 is 0. The van der Waals surface area contributed by atoms with Crippen LogP contribution in [-0.4, -0.2) is 49.8 Å². The van der Waals surface area contributed by atoms with Gasteiger partial charge in [0.05, 0.1) is 16.8 Å². The van der Waals surface area contributed by atoms with E-state index < -0.39 is 28.0 Å². The SMILES string of the molecule is Nc1ncc(-c2cccc(CNS(=O)(=O)c3ccc(OC(F)(F)F)cc3)c2)nc1C(=O)N[C@H]1CCCNC1. The summed E-state index contributed by atoms with van der Waals surface area (Å²) in [5.74, 6) is -0.969. The van der Waals surface area contributed by atoms with Crippen LogP contribution in [0.25, 0.3) is 11.3 Å². The molecular formula is C24H25F3N6O4S. The third kappa shape index (κ3) is 7.18. The van der Waals surface area contributed by atoms with Crippen molar-refractivity contribution in [1.29, 1.82) is 0 Å². The van der Waals surface area contributed by atoms with E-state index in [0.29, 0.717) is 23.4 Å². The van der Waals surface area contributed by atoms with Crippen LogP contribution >= 0.6 is 0 Å². The minimum absolute atomic E-state index is 0.00266. The summed E-state index contributed by atoms with van der Waals surface area (Å²) in [5.41, 5.74) is 7.42. The Kier molecular flexibility index (Phi) is 8.14. The summed E-state index contributed by atoms with van der Waals surface area (Å²) in [5, 5.41) is 6.12. The fourth-order valence-corrected chi connectivity index (χ4v) is 4.87. The van der Waals surface area contributed by atoms with Crippen molar-refractivity contribution in [2.45, 2.75) is 36.7 Å². The van der Waals surface area contributed by atoms with Crippen molar-refractivity contribution in [2.24, 2.45) is 0 Å². The lowest BCUT2D eigenvalue weighted by Gasteiger charge is -2.23. The molecule has 0 aliphatic carbocycles. The number of carbonyl (C=O) groups is 1. The highest BCUT2D eigenvalue weighted by Crippen LogP contribution is 2.24. The van der Waals surface area contributed by atoms with Crippen LogP contribution in [0.1, 0.15) is 28.9 Å². The normalized spacial score (nSPS) is 16.1. The van der Waals surface area contributed by atoms with E-state index in [1.165, 1.54) is 6.20 Å². The number of halogens is 3. The average molecular weight is 551 g/mol. The number of anilines is 1. The number of aromatic nitrogens is 2. The molecule has 3 aromatic rings. The maximum Gasteiger partial charge on any atom is 0.573 e. The molecule has 14 heteroatoms. The van der Waals surface area contributed by atoms with Crippen molar-refractivity contribution in [2.75, 3.05) is 18.8 Å². The molecule has 0 bridgehead atoms. The number of rotatable bonds is 8. The molecule has 4 rings (SSSR count). The number of nitrogens with zero attached hydrogens (tertiary/aromatic N) is 2. The van der Waals surface area contributed by atoms with Crippen LogP contribution in [0.2, 0.25) is 0 Å².